The van der Waals surface area contributed by atoms with Gasteiger partial charge >= 0.3 is 0 Å². The molecule has 3 atom stereocenters. The van der Waals surface area contributed by atoms with Crippen LogP contribution < -0.4 is 5.32 Å². The van der Waals surface area contributed by atoms with E-state index in [-0.39, 0.29) is 17.7 Å². The summed E-state index contributed by atoms with van der Waals surface area (Å²) in [5.41, 5.74) is 0. The molecule has 1 aliphatic heterocycles. The maximum absolute atomic E-state index is 11.8. The molecular formula is C15H25N3O. The number of nitrogens with zero attached hydrogens (tertiary/aromatic N) is 2. The van der Waals surface area contributed by atoms with Crippen LogP contribution in [0.25, 0.3) is 0 Å². The summed E-state index contributed by atoms with van der Waals surface area (Å²) in [5, 5.41) is 12.1. The Balaban J connectivity index is 2.02. The zero-order valence-electron chi connectivity index (χ0n) is 11.9. The third kappa shape index (κ3) is 3.48. The van der Waals surface area contributed by atoms with Crippen LogP contribution in [-0.2, 0) is 4.79 Å². The van der Waals surface area contributed by atoms with Crippen LogP contribution in [0.4, 0.5) is 0 Å². The molecule has 0 bridgehead atoms. The third-order valence-electron chi connectivity index (χ3n) is 4.68. The maximum atomic E-state index is 11.8. The van der Waals surface area contributed by atoms with Gasteiger partial charge in [-0.25, -0.2) is 0 Å². The average Bonchev–Trinajstić information content (AvgIpc) is 2.71. The minimum atomic E-state index is 0.112. The highest BCUT2D eigenvalue weighted by Crippen LogP contribution is 2.30. The van der Waals surface area contributed by atoms with Crippen molar-refractivity contribution in [2.24, 2.45) is 11.8 Å². The molecule has 0 radical (unpaired) electrons. The van der Waals surface area contributed by atoms with E-state index in [1.165, 1.54) is 19.3 Å². The highest BCUT2D eigenvalue weighted by molar-refractivity contribution is 5.78. The van der Waals surface area contributed by atoms with Gasteiger partial charge < -0.3 is 5.32 Å². The molecule has 1 amide bonds. The zero-order valence-corrected chi connectivity index (χ0v) is 11.9. The minimum absolute atomic E-state index is 0.112. The molecule has 0 aromatic rings. The Morgan fingerprint density at radius 3 is 2.74 bits per heavy atom. The summed E-state index contributed by atoms with van der Waals surface area (Å²) in [6.45, 7) is 1.89. The number of carbonyl (C=O) groups excluding carboxylic acids is 1. The Kier molecular flexibility index (Phi) is 5.21. The lowest BCUT2D eigenvalue weighted by atomic mass is 9.90. The van der Waals surface area contributed by atoms with Crippen LogP contribution in [-0.4, -0.2) is 37.0 Å². The van der Waals surface area contributed by atoms with Gasteiger partial charge in [0.1, 0.15) is 0 Å². The van der Waals surface area contributed by atoms with Gasteiger partial charge in [-0.05, 0) is 32.2 Å². The molecule has 106 valence electrons. The van der Waals surface area contributed by atoms with Crippen molar-refractivity contribution >= 4 is 5.91 Å². The molecule has 0 spiro atoms. The second-order valence-corrected chi connectivity index (χ2v) is 5.89. The first-order valence-electron chi connectivity index (χ1n) is 7.61. The Morgan fingerprint density at radius 1 is 1.21 bits per heavy atom. The second-order valence-electron chi connectivity index (χ2n) is 5.89. The van der Waals surface area contributed by atoms with Gasteiger partial charge in [-0.2, -0.15) is 5.26 Å². The van der Waals surface area contributed by atoms with Crippen molar-refractivity contribution in [3.63, 3.8) is 0 Å². The van der Waals surface area contributed by atoms with E-state index in [2.05, 4.69) is 16.3 Å². The Labute approximate surface area is 116 Å². The van der Waals surface area contributed by atoms with Crippen molar-refractivity contribution in [3.05, 3.63) is 0 Å². The van der Waals surface area contributed by atoms with E-state index in [1.54, 1.807) is 7.05 Å². The highest BCUT2D eigenvalue weighted by atomic mass is 16.1. The van der Waals surface area contributed by atoms with Gasteiger partial charge in [0, 0.05) is 19.6 Å². The molecule has 19 heavy (non-hydrogen) atoms. The van der Waals surface area contributed by atoms with E-state index >= 15 is 0 Å². The van der Waals surface area contributed by atoms with Crippen LogP contribution in [0, 0.1) is 23.2 Å². The van der Waals surface area contributed by atoms with Crippen LogP contribution in [0.1, 0.15) is 44.9 Å². The number of hydrogen-bond donors (Lipinski definition) is 1. The quantitative estimate of drug-likeness (QED) is 0.774. The van der Waals surface area contributed by atoms with Crippen molar-refractivity contribution < 1.29 is 4.79 Å². The molecule has 2 fully saturated rings. The topological polar surface area (TPSA) is 56.1 Å². The first-order valence-corrected chi connectivity index (χ1v) is 7.61. The van der Waals surface area contributed by atoms with Crippen molar-refractivity contribution in [1.29, 1.82) is 5.26 Å². The van der Waals surface area contributed by atoms with Gasteiger partial charge in [-0.1, -0.05) is 19.3 Å². The molecule has 2 rings (SSSR count). The Hall–Kier alpha value is -1.08. The van der Waals surface area contributed by atoms with E-state index < -0.39 is 0 Å². The van der Waals surface area contributed by atoms with E-state index in [9.17, 15) is 10.1 Å². The van der Waals surface area contributed by atoms with Crippen LogP contribution in [0.3, 0.4) is 0 Å². The average molecular weight is 263 g/mol. The Morgan fingerprint density at radius 2 is 2.00 bits per heavy atom. The molecule has 1 saturated heterocycles. The van der Waals surface area contributed by atoms with Gasteiger partial charge in [0.05, 0.1) is 17.9 Å². The number of likely N-dealkylation sites (tertiary alicyclic amines) is 1. The summed E-state index contributed by atoms with van der Waals surface area (Å²) < 4.78 is 0. The third-order valence-corrected chi connectivity index (χ3v) is 4.68. The highest BCUT2D eigenvalue weighted by Gasteiger charge is 2.33. The predicted octanol–water partition coefficient (Wildman–Crippen LogP) is 1.92. The van der Waals surface area contributed by atoms with Crippen molar-refractivity contribution in [2.75, 3.05) is 20.1 Å². The second kappa shape index (κ2) is 6.91. The lowest BCUT2D eigenvalue weighted by Gasteiger charge is -2.39. The zero-order chi connectivity index (χ0) is 13.7. The van der Waals surface area contributed by atoms with Crippen LogP contribution >= 0.6 is 0 Å². The molecule has 1 N–H and O–H groups in total. The minimum Gasteiger partial charge on any atom is -0.359 e. The molecule has 2 aliphatic rings. The fourth-order valence-corrected chi connectivity index (χ4v) is 3.60. The molecule has 4 nitrogen and oxygen atoms in total. The molecule has 1 heterocycles. The molecule has 4 heteroatoms. The summed E-state index contributed by atoms with van der Waals surface area (Å²) in [6, 6.07) is 2.88. The largest absolute Gasteiger partial charge is 0.359 e. The lowest BCUT2D eigenvalue weighted by Crippen LogP contribution is -2.48. The monoisotopic (exact) mass is 263 g/mol. The normalized spacial score (nSPS) is 33.2. The van der Waals surface area contributed by atoms with Gasteiger partial charge in [-0.15, -0.1) is 0 Å². The molecule has 3 unspecified atom stereocenters. The van der Waals surface area contributed by atoms with E-state index in [4.69, 9.17) is 0 Å². The number of nitrogens with one attached hydrogen (secondary N) is 1. The summed E-state index contributed by atoms with van der Waals surface area (Å²) in [4.78, 5) is 14.2. The molecule has 1 saturated carbocycles. The van der Waals surface area contributed by atoms with Gasteiger partial charge in [-0.3, -0.25) is 9.69 Å². The Bertz CT molecular complexity index is 350. The standard InChI is InChI=1S/C15H25N3O/c1-17-15(19)13-7-5-9-18(11-13)14-8-4-2-3-6-12(14)10-16/h12-14H,2-9,11H2,1H3,(H,17,19). The van der Waals surface area contributed by atoms with Crippen LogP contribution in [0.2, 0.25) is 0 Å². The summed E-state index contributed by atoms with van der Waals surface area (Å²) in [7, 11) is 1.71. The number of piperidine rings is 1. The number of hydrogen-bond acceptors (Lipinski definition) is 3. The fraction of sp³-hybridized carbons (Fsp3) is 0.867. The van der Waals surface area contributed by atoms with E-state index in [0.29, 0.717) is 6.04 Å². The van der Waals surface area contributed by atoms with Crippen LogP contribution in [0.15, 0.2) is 0 Å². The smallest absolute Gasteiger partial charge is 0.224 e. The van der Waals surface area contributed by atoms with Crippen molar-refractivity contribution in [2.45, 2.75) is 51.0 Å². The number of carbonyl (C=O) groups is 1. The van der Waals surface area contributed by atoms with E-state index in [1.807, 2.05) is 0 Å². The number of rotatable bonds is 2. The van der Waals surface area contributed by atoms with Crippen molar-refractivity contribution in [3.8, 4) is 6.07 Å². The molecule has 0 aromatic heterocycles. The molecular weight excluding hydrogens is 238 g/mol. The molecule has 0 aromatic carbocycles. The molecule has 1 aliphatic carbocycles. The number of nitriles is 1. The SMILES string of the molecule is CNC(=O)C1CCCN(C2CCCCCC2C#N)C1. The summed E-state index contributed by atoms with van der Waals surface area (Å²) in [6.07, 6.45) is 7.88. The van der Waals surface area contributed by atoms with Gasteiger partial charge in [0.2, 0.25) is 5.91 Å². The fourth-order valence-electron chi connectivity index (χ4n) is 3.60. The van der Waals surface area contributed by atoms with Gasteiger partial charge in [0.15, 0.2) is 0 Å². The van der Waals surface area contributed by atoms with E-state index in [0.717, 1.165) is 38.8 Å². The summed E-state index contributed by atoms with van der Waals surface area (Å²) >= 11 is 0. The first kappa shape index (κ1) is 14.3. The van der Waals surface area contributed by atoms with Crippen LogP contribution in [0.5, 0.6) is 0 Å². The first-order chi connectivity index (χ1) is 9.26. The number of amides is 1. The summed E-state index contributed by atoms with van der Waals surface area (Å²) in [5.74, 6) is 0.430. The van der Waals surface area contributed by atoms with Crippen molar-refractivity contribution in [1.82, 2.24) is 10.2 Å². The predicted molar refractivity (Wildman–Crippen MR) is 74.3 cm³/mol. The van der Waals surface area contributed by atoms with Gasteiger partial charge in [0.25, 0.3) is 0 Å². The maximum Gasteiger partial charge on any atom is 0.224 e. The lowest BCUT2D eigenvalue weighted by molar-refractivity contribution is -0.126.